The molecule has 0 radical (unpaired) electrons. The molecule has 0 unspecified atom stereocenters. The summed E-state index contributed by atoms with van der Waals surface area (Å²) in [7, 11) is -1.96. The quantitative estimate of drug-likeness (QED) is 0.317. The summed E-state index contributed by atoms with van der Waals surface area (Å²) in [5.74, 6) is 0. The van der Waals surface area contributed by atoms with E-state index in [1.165, 1.54) is 16.8 Å². The molecule has 3 rings (SSSR count). The molecule has 0 spiro atoms. The molecule has 5 heteroatoms. The fraction of sp³-hybridized carbons (Fsp3) is 0.375. The Bertz CT molecular complexity index is 958. The molecule has 0 fully saturated rings. The van der Waals surface area contributed by atoms with Gasteiger partial charge in [0.05, 0.1) is 0 Å². The van der Waals surface area contributed by atoms with Crippen molar-refractivity contribution in [2.45, 2.75) is 58.2 Å². The lowest BCUT2D eigenvalue weighted by Crippen LogP contribution is -2.52. The molecule has 2 aromatic heterocycles. The van der Waals surface area contributed by atoms with E-state index in [-0.39, 0.29) is 0 Å². The molecule has 2 heterocycles. The molecule has 154 valence electrons. The van der Waals surface area contributed by atoms with Gasteiger partial charge in [-0.15, -0.1) is 0 Å². The first-order valence-corrected chi connectivity index (χ1v) is 13.6. The van der Waals surface area contributed by atoms with E-state index in [1.807, 2.05) is 24.5 Å². The lowest BCUT2D eigenvalue weighted by Gasteiger charge is -2.45. The Morgan fingerprint density at radius 2 is 1.48 bits per heavy atom. The molecule has 0 N–H and O–H groups in total. The minimum atomic E-state index is -1.96. The van der Waals surface area contributed by atoms with Crippen LogP contribution in [0.25, 0.3) is 22.4 Å². The van der Waals surface area contributed by atoms with Gasteiger partial charge < -0.3 is 4.23 Å². The maximum absolute atomic E-state index is 6.43. The van der Waals surface area contributed by atoms with Gasteiger partial charge in [-0.25, -0.2) is 0 Å². The van der Waals surface area contributed by atoms with Gasteiger partial charge in [0.15, 0.2) is 8.24 Å². The van der Waals surface area contributed by atoms with Gasteiger partial charge in [-0.05, 0) is 67.9 Å². The highest BCUT2D eigenvalue weighted by molar-refractivity contribution is 9.10. The summed E-state index contributed by atoms with van der Waals surface area (Å²) in [5.41, 5.74) is 6.57. The average molecular weight is 490 g/mol. The van der Waals surface area contributed by atoms with Crippen LogP contribution in [0, 0.1) is 0 Å². The van der Waals surface area contributed by atoms with Crippen LogP contribution in [-0.4, -0.2) is 17.5 Å². The summed E-state index contributed by atoms with van der Waals surface area (Å²) in [5, 5.41) is 0.762. The van der Waals surface area contributed by atoms with E-state index in [0.717, 1.165) is 15.1 Å². The first-order valence-electron chi connectivity index (χ1n) is 10.3. The van der Waals surface area contributed by atoms with Gasteiger partial charge in [0.25, 0.3) is 0 Å². The molecule has 29 heavy (non-hydrogen) atoms. The second-order valence-electron chi connectivity index (χ2n) is 8.67. The van der Waals surface area contributed by atoms with Crippen LogP contribution >= 0.6 is 27.5 Å². The summed E-state index contributed by atoms with van der Waals surface area (Å²) in [6, 6.07) is 12.4. The molecule has 0 aliphatic rings. The largest absolute Gasteiger partial charge is 0.372 e. The van der Waals surface area contributed by atoms with Gasteiger partial charge in [0, 0.05) is 39.3 Å². The zero-order chi connectivity index (χ0) is 21.3. The van der Waals surface area contributed by atoms with Crippen molar-refractivity contribution in [1.82, 2.24) is 9.22 Å². The van der Waals surface area contributed by atoms with Crippen LogP contribution in [-0.2, 0) is 0 Å². The molecular formula is C24H30BrClN2Si. The second kappa shape index (κ2) is 8.79. The highest BCUT2D eigenvalue weighted by Gasteiger charge is 2.47. The topological polar surface area (TPSA) is 17.8 Å². The zero-order valence-corrected chi connectivity index (χ0v) is 21.4. The van der Waals surface area contributed by atoms with Crippen LogP contribution in [0.5, 0.6) is 0 Å². The van der Waals surface area contributed by atoms with Gasteiger partial charge in [0.1, 0.15) is 0 Å². The molecule has 0 atom stereocenters. The number of pyridine rings is 1. The Balaban J connectivity index is 2.45. The molecule has 1 aromatic carbocycles. The molecule has 3 aromatic rings. The molecule has 0 aliphatic heterocycles. The number of halogens is 2. The molecule has 0 saturated heterocycles. The van der Waals surface area contributed by atoms with Gasteiger partial charge >= 0.3 is 0 Å². The van der Waals surface area contributed by atoms with Crippen molar-refractivity contribution in [3.8, 4) is 22.4 Å². The van der Waals surface area contributed by atoms with Crippen LogP contribution in [0.4, 0.5) is 0 Å². The van der Waals surface area contributed by atoms with Crippen molar-refractivity contribution >= 4 is 35.8 Å². The van der Waals surface area contributed by atoms with Crippen LogP contribution < -0.4 is 0 Å². The normalized spacial score (nSPS) is 12.4. The Labute approximate surface area is 189 Å². The number of aromatic nitrogens is 2. The van der Waals surface area contributed by atoms with E-state index >= 15 is 0 Å². The van der Waals surface area contributed by atoms with E-state index in [2.05, 4.69) is 97.2 Å². The fourth-order valence-electron chi connectivity index (χ4n) is 5.33. The Morgan fingerprint density at radius 1 is 0.897 bits per heavy atom. The molecule has 0 amide bonds. The van der Waals surface area contributed by atoms with Crippen molar-refractivity contribution in [2.24, 2.45) is 0 Å². The number of benzene rings is 1. The van der Waals surface area contributed by atoms with E-state index in [4.69, 9.17) is 11.6 Å². The molecule has 0 aliphatic carbocycles. The average Bonchev–Trinajstić information content (AvgIpc) is 2.99. The highest BCUT2D eigenvalue weighted by Crippen LogP contribution is 2.49. The SMILES string of the molecule is CC(C)[Si](C(C)C)(C(C)C)n1cc(Br)c(-c2ccncc2)c1-c1cccc(Cl)c1. The summed E-state index contributed by atoms with van der Waals surface area (Å²) < 4.78 is 3.77. The number of rotatable bonds is 6. The van der Waals surface area contributed by atoms with Crippen LogP contribution in [0.3, 0.4) is 0 Å². The standard InChI is InChI=1S/C24H30BrClN2Si/c1-16(2)29(17(3)4,18(5)6)28-15-22(25)23(19-10-12-27-13-11-19)24(28)20-8-7-9-21(26)14-20/h7-18H,1-6H3. The van der Waals surface area contributed by atoms with E-state index in [1.54, 1.807) is 0 Å². The van der Waals surface area contributed by atoms with Crippen LogP contribution in [0.2, 0.25) is 21.6 Å². The summed E-state index contributed by atoms with van der Waals surface area (Å²) in [6.07, 6.45) is 6.05. The minimum Gasteiger partial charge on any atom is -0.372 e. The lowest BCUT2D eigenvalue weighted by molar-refractivity contribution is 0.767. The van der Waals surface area contributed by atoms with Gasteiger partial charge in [0.2, 0.25) is 0 Å². The number of nitrogens with zero attached hydrogens (tertiary/aromatic N) is 2. The lowest BCUT2D eigenvalue weighted by atomic mass is 10.0. The Hall–Kier alpha value is -1.36. The summed E-state index contributed by atoms with van der Waals surface area (Å²) in [4.78, 5) is 4.22. The highest BCUT2D eigenvalue weighted by atomic mass is 79.9. The first-order chi connectivity index (χ1) is 13.7. The van der Waals surface area contributed by atoms with Gasteiger partial charge in [-0.3, -0.25) is 4.98 Å². The first kappa shape index (κ1) is 22.3. The van der Waals surface area contributed by atoms with E-state index in [9.17, 15) is 0 Å². The van der Waals surface area contributed by atoms with Crippen LogP contribution in [0.15, 0.2) is 59.5 Å². The predicted octanol–water partition coefficient (Wildman–Crippen LogP) is 8.66. The number of hydrogen-bond acceptors (Lipinski definition) is 1. The van der Waals surface area contributed by atoms with Crippen molar-refractivity contribution in [3.63, 3.8) is 0 Å². The van der Waals surface area contributed by atoms with Crippen molar-refractivity contribution in [1.29, 1.82) is 0 Å². The van der Waals surface area contributed by atoms with Crippen LogP contribution in [0.1, 0.15) is 41.5 Å². The maximum atomic E-state index is 6.43. The zero-order valence-electron chi connectivity index (χ0n) is 18.1. The third-order valence-corrected chi connectivity index (χ3v) is 13.8. The van der Waals surface area contributed by atoms with Gasteiger partial charge in [-0.2, -0.15) is 0 Å². The summed E-state index contributed by atoms with van der Waals surface area (Å²) >= 11 is 10.3. The van der Waals surface area contributed by atoms with Crippen molar-refractivity contribution in [2.75, 3.05) is 0 Å². The third-order valence-electron chi connectivity index (χ3n) is 6.22. The monoisotopic (exact) mass is 488 g/mol. The summed E-state index contributed by atoms with van der Waals surface area (Å²) in [6.45, 7) is 14.4. The number of hydrogen-bond donors (Lipinski definition) is 0. The maximum Gasteiger partial charge on any atom is 0.169 e. The molecule has 2 nitrogen and oxygen atoms in total. The molecular weight excluding hydrogens is 460 g/mol. The second-order valence-corrected chi connectivity index (χ2v) is 15.7. The minimum absolute atomic E-state index is 0.588. The third kappa shape index (κ3) is 3.87. The van der Waals surface area contributed by atoms with Crippen molar-refractivity contribution < 1.29 is 0 Å². The molecule has 0 bridgehead atoms. The molecule has 0 saturated carbocycles. The predicted molar refractivity (Wildman–Crippen MR) is 132 cm³/mol. The fourth-order valence-corrected chi connectivity index (χ4v) is 13.0. The Morgan fingerprint density at radius 3 is 2.00 bits per heavy atom. The van der Waals surface area contributed by atoms with Gasteiger partial charge in [-0.1, -0.05) is 65.3 Å². The van der Waals surface area contributed by atoms with E-state index in [0.29, 0.717) is 16.6 Å². The smallest absolute Gasteiger partial charge is 0.169 e. The Kier molecular flexibility index (Phi) is 6.76. The van der Waals surface area contributed by atoms with E-state index < -0.39 is 8.24 Å². The van der Waals surface area contributed by atoms with Crippen molar-refractivity contribution in [3.05, 3.63) is 64.5 Å².